The van der Waals surface area contributed by atoms with Crippen LogP contribution in [-0.4, -0.2) is 4.98 Å². The topological polar surface area (TPSA) is 12.9 Å². The smallest absolute Gasteiger partial charge is 0.0850 e. The van der Waals surface area contributed by atoms with Crippen molar-refractivity contribution in [1.29, 1.82) is 0 Å². The van der Waals surface area contributed by atoms with E-state index in [0.29, 0.717) is 5.02 Å². The third-order valence-electron chi connectivity index (χ3n) is 3.07. The molecule has 3 rings (SSSR count). The van der Waals surface area contributed by atoms with Gasteiger partial charge in [0.2, 0.25) is 0 Å². The Hall–Kier alpha value is -1.57. The van der Waals surface area contributed by atoms with E-state index in [9.17, 15) is 0 Å². The Morgan fingerprint density at radius 3 is 2.42 bits per heavy atom. The predicted octanol–water partition coefficient (Wildman–Crippen LogP) is 5.22. The predicted molar refractivity (Wildman–Crippen MR) is 80.9 cm³/mol. The molecule has 0 bridgehead atoms. The van der Waals surface area contributed by atoms with Gasteiger partial charge in [-0.05, 0) is 35.4 Å². The highest BCUT2D eigenvalue weighted by Crippen LogP contribution is 2.30. The number of para-hydroxylation sites is 1. The molecular formula is C16H11Cl2N. The maximum atomic E-state index is 6.50. The van der Waals surface area contributed by atoms with Crippen molar-refractivity contribution < 1.29 is 0 Å². The first-order valence-electron chi connectivity index (χ1n) is 5.98. The molecule has 0 N–H and O–H groups in total. The maximum Gasteiger partial charge on any atom is 0.0850 e. The van der Waals surface area contributed by atoms with E-state index in [1.807, 2.05) is 54.7 Å². The second kappa shape index (κ2) is 5.20. The molecule has 3 aromatic rings. The number of benzene rings is 2. The van der Waals surface area contributed by atoms with Gasteiger partial charge in [-0.25, -0.2) is 0 Å². The zero-order chi connectivity index (χ0) is 13.2. The van der Waals surface area contributed by atoms with Crippen LogP contribution in [0.3, 0.4) is 0 Å². The number of rotatable bonds is 2. The lowest BCUT2D eigenvalue weighted by molar-refractivity contribution is 1.12. The fourth-order valence-corrected chi connectivity index (χ4v) is 2.44. The summed E-state index contributed by atoms with van der Waals surface area (Å²) in [7, 11) is 0. The highest BCUT2D eigenvalue weighted by Gasteiger charge is 2.11. The molecule has 0 spiro atoms. The molecule has 0 aliphatic heterocycles. The van der Waals surface area contributed by atoms with E-state index < -0.39 is 0 Å². The summed E-state index contributed by atoms with van der Waals surface area (Å²) in [4.78, 5) is 4.43. The van der Waals surface area contributed by atoms with E-state index in [4.69, 9.17) is 23.2 Å². The van der Waals surface area contributed by atoms with Crippen LogP contribution in [0.2, 0.25) is 5.02 Å². The van der Waals surface area contributed by atoms with Gasteiger partial charge < -0.3 is 0 Å². The third-order valence-corrected chi connectivity index (χ3v) is 3.82. The van der Waals surface area contributed by atoms with Crippen molar-refractivity contribution in [2.75, 3.05) is 0 Å². The van der Waals surface area contributed by atoms with Crippen LogP contribution in [0.1, 0.15) is 16.5 Å². The molecule has 0 radical (unpaired) electrons. The molecule has 1 nitrogen and oxygen atoms in total. The minimum atomic E-state index is -0.214. The van der Waals surface area contributed by atoms with Crippen molar-refractivity contribution in [3.8, 4) is 0 Å². The molecular weight excluding hydrogens is 277 g/mol. The molecule has 0 amide bonds. The van der Waals surface area contributed by atoms with Crippen molar-refractivity contribution in [2.45, 2.75) is 5.38 Å². The first kappa shape index (κ1) is 12.5. The Kier molecular flexibility index (Phi) is 3.41. The standard InChI is InChI=1S/C16H11Cl2N/c17-14-7-5-11(6-8-14)16(18)13-9-12-3-1-2-4-15(12)19-10-13/h1-10,16H. The third kappa shape index (κ3) is 2.58. The second-order valence-electron chi connectivity index (χ2n) is 4.38. The number of hydrogen-bond acceptors (Lipinski definition) is 1. The summed E-state index contributed by atoms with van der Waals surface area (Å²) < 4.78 is 0. The summed E-state index contributed by atoms with van der Waals surface area (Å²) in [6, 6.07) is 17.7. The highest BCUT2D eigenvalue weighted by molar-refractivity contribution is 6.30. The van der Waals surface area contributed by atoms with Crippen LogP contribution in [-0.2, 0) is 0 Å². The van der Waals surface area contributed by atoms with Gasteiger partial charge in [-0.3, -0.25) is 4.98 Å². The van der Waals surface area contributed by atoms with Gasteiger partial charge in [-0.1, -0.05) is 41.9 Å². The van der Waals surface area contributed by atoms with Crippen molar-refractivity contribution in [1.82, 2.24) is 4.98 Å². The lowest BCUT2D eigenvalue weighted by Gasteiger charge is -2.11. The lowest BCUT2D eigenvalue weighted by atomic mass is 10.0. The summed E-state index contributed by atoms with van der Waals surface area (Å²) in [6.45, 7) is 0. The molecule has 2 aromatic carbocycles. The molecule has 0 saturated heterocycles. The average molecular weight is 288 g/mol. The molecule has 1 unspecified atom stereocenters. The number of halogens is 2. The largest absolute Gasteiger partial charge is 0.256 e. The second-order valence-corrected chi connectivity index (χ2v) is 5.25. The van der Waals surface area contributed by atoms with Crippen molar-refractivity contribution in [3.05, 3.63) is 76.9 Å². The van der Waals surface area contributed by atoms with Gasteiger partial charge in [-0.15, -0.1) is 11.6 Å². The number of fused-ring (bicyclic) bond motifs is 1. The van der Waals surface area contributed by atoms with Gasteiger partial charge >= 0.3 is 0 Å². The Labute approximate surface area is 121 Å². The summed E-state index contributed by atoms with van der Waals surface area (Å²) in [6.07, 6.45) is 1.83. The van der Waals surface area contributed by atoms with Crippen LogP contribution in [0.4, 0.5) is 0 Å². The highest BCUT2D eigenvalue weighted by atomic mass is 35.5. The van der Waals surface area contributed by atoms with E-state index in [1.54, 1.807) is 0 Å². The summed E-state index contributed by atoms with van der Waals surface area (Å²) in [5.41, 5.74) is 2.98. The monoisotopic (exact) mass is 287 g/mol. The molecule has 0 aliphatic rings. The van der Waals surface area contributed by atoms with Gasteiger partial charge in [0.15, 0.2) is 0 Å². The number of pyridine rings is 1. The van der Waals surface area contributed by atoms with Crippen LogP contribution in [0.5, 0.6) is 0 Å². The van der Waals surface area contributed by atoms with Crippen molar-refractivity contribution in [3.63, 3.8) is 0 Å². The molecule has 1 heterocycles. The lowest BCUT2D eigenvalue weighted by Crippen LogP contribution is -1.94. The number of alkyl halides is 1. The van der Waals surface area contributed by atoms with E-state index in [-0.39, 0.29) is 5.38 Å². The van der Waals surface area contributed by atoms with Gasteiger partial charge in [0.05, 0.1) is 10.9 Å². The Morgan fingerprint density at radius 1 is 0.895 bits per heavy atom. The van der Waals surface area contributed by atoms with Crippen molar-refractivity contribution in [2.24, 2.45) is 0 Å². The van der Waals surface area contributed by atoms with Gasteiger partial charge in [-0.2, -0.15) is 0 Å². The zero-order valence-electron chi connectivity index (χ0n) is 10.1. The van der Waals surface area contributed by atoms with Crippen LogP contribution >= 0.6 is 23.2 Å². The van der Waals surface area contributed by atoms with Gasteiger partial charge in [0.1, 0.15) is 0 Å². The molecule has 19 heavy (non-hydrogen) atoms. The molecule has 1 atom stereocenters. The summed E-state index contributed by atoms with van der Waals surface area (Å²) in [5, 5.41) is 1.60. The molecule has 0 aliphatic carbocycles. The zero-order valence-corrected chi connectivity index (χ0v) is 11.6. The molecule has 0 saturated carbocycles. The normalized spacial score (nSPS) is 12.5. The van der Waals surface area contributed by atoms with Crippen LogP contribution < -0.4 is 0 Å². The minimum absolute atomic E-state index is 0.214. The Morgan fingerprint density at radius 2 is 1.63 bits per heavy atom. The molecule has 94 valence electrons. The Bertz CT molecular complexity index is 707. The first-order chi connectivity index (χ1) is 9.24. The minimum Gasteiger partial charge on any atom is -0.256 e. The van der Waals surface area contributed by atoms with E-state index in [0.717, 1.165) is 22.0 Å². The Balaban J connectivity index is 2.01. The van der Waals surface area contributed by atoms with Crippen LogP contribution in [0.25, 0.3) is 10.9 Å². The first-order valence-corrected chi connectivity index (χ1v) is 6.80. The molecule has 1 aromatic heterocycles. The fourth-order valence-electron chi connectivity index (χ4n) is 2.05. The van der Waals surface area contributed by atoms with Gasteiger partial charge in [0.25, 0.3) is 0 Å². The van der Waals surface area contributed by atoms with Crippen LogP contribution in [0, 0.1) is 0 Å². The summed E-state index contributed by atoms with van der Waals surface area (Å²) in [5.74, 6) is 0. The van der Waals surface area contributed by atoms with Crippen molar-refractivity contribution >= 4 is 34.1 Å². The fraction of sp³-hybridized carbons (Fsp3) is 0.0625. The SMILES string of the molecule is Clc1ccc(C(Cl)c2cnc3ccccc3c2)cc1. The molecule has 0 fully saturated rings. The van der Waals surface area contributed by atoms with E-state index in [1.165, 1.54) is 0 Å². The number of nitrogens with zero attached hydrogens (tertiary/aromatic N) is 1. The van der Waals surface area contributed by atoms with E-state index >= 15 is 0 Å². The summed E-state index contributed by atoms with van der Waals surface area (Å²) >= 11 is 12.4. The van der Waals surface area contributed by atoms with Gasteiger partial charge in [0, 0.05) is 16.6 Å². The van der Waals surface area contributed by atoms with E-state index in [2.05, 4.69) is 11.1 Å². The number of hydrogen-bond donors (Lipinski definition) is 0. The van der Waals surface area contributed by atoms with Crippen LogP contribution in [0.15, 0.2) is 60.8 Å². The number of aromatic nitrogens is 1. The maximum absolute atomic E-state index is 6.50. The quantitative estimate of drug-likeness (QED) is 0.589. The molecule has 3 heteroatoms. The average Bonchev–Trinajstić information content (AvgIpc) is 2.47.